The molecule has 0 aromatic heterocycles. The van der Waals surface area contributed by atoms with Crippen molar-refractivity contribution in [1.29, 1.82) is 0 Å². The monoisotopic (exact) mass is 398 g/mol. The molecule has 1 aromatic carbocycles. The van der Waals surface area contributed by atoms with Crippen molar-refractivity contribution in [2.24, 2.45) is 0 Å². The molecule has 2 aliphatic rings. The number of morpholine rings is 1. The number of alkyl halides is 3. The van der Waals surface area contributed by atoms with E-state index < -0.39 is 28.0 Å². The maximum absolute atomic E-state index is 13.6. The molecule has 1 spiro atoms. The highest BCUT2D eigenvalue weighted by Crippen LogP contribution is 2.44. The molecule has 1 aliphatic heterocycles. The van der Waals surface area contributed by atoms with E-state index in [9.17, 15) is 21.6 Å². The van der Waals surface area contributed by atoms with Crippen molar-refractivity contribution < 1.29 is 26.3 Å². The minimum Gasteiger partial charge on any atom is -0.372 e. The number of nitrogens with zero attached hydrogens (tertiary/aromatic N) is 2. The molecule has 0 N–H and O–H groups in total. The van der Waals surface area contributed by atoms with Crippen LogP contribution >= 0.6 is 11.6 Å². The Morgan fingerprint density at radius 2 is 1.88 bits per heavy atom. The van der Waals surface area contributed by atoms with Gasteiger partial charge in [0.15, 0.2) is 0 Å². The molecule has 1 atom stereocenters. The summed E-state index contributed by atoms with van der Waals surface area (Å²) in [6.45, 7) is 0.315. The predicted molar refractivity (Wildman–Crippen MR) is 86.4 cm³/mol. The van der Waals surface area contributed by atoms with Gasteiger partial charge in [0.1, 0.15) is 6.04 Å². The van der Waals surface area contributed by atoms with Crippen LogP contribution in [0.25, 0.3) is 0 Å². The molecule has 0 radical (unpaired) electrons. The highest BCUT2D eigenvalue weighted by Gasteiger charge is 2.53. The van der Waals surface area contributed by atoms with Gasteiger partial charge in [-0.3, -0.25) is 0 Å². The normalized spacial score (nSPS) is 22.3. The second kappa shape index (κ2) is 6.38. The number of rotatable bonds is 4. The third kappa shape index (κ3) is 3.80. The lowest BCUT2D eigenvalue weighted by Gasteiger charge is -2.37. The second-order valence-electron chi connectivity index (χ2n) is 6.38. The molecule has 1 saturated heterocycles. The summed E-state index contributed by atoms with van der Waals surface area (Å²) in [6.07, 6.45) is -3.32. The van der Waals surface area contributed by atoms with E-state index in [4.69, 9.17) is 16.3 Å². The van der Waals surface area contributed by atoms with E-state index in [2.05, 4.69) is 0 Å². The summed E-state index contributed by atoms with van der Waals surface area (Å²) in [5.74, 6) is 0. The molecule has 1 aromatic rings. The zero-order valence-corrected chi connectivity index (χ0v) is 15.0. The number of benzene rings is 1. The summed E-state index contributed by atoms with van der Waals surface area (Å²) in [5.41, 5.74) is -0.697. The molecule has 3 rings (SSSR count). The molecule has 5 nitrogen and oxygen atoms in total. The van der Waals surface area contributed by atoms with Crippen LogP contribution in [0.5, 0.6) is 0 Å². The molecule has 10 heteroatoms. The summed E-state index contributed by atoms with van der Waals surface area (Å²) < 4.78 is 73.5. The molecule has 1 heterocycles. The molecule has 1 aliphatic carbocycles. The number of hydrogen-bond acceptors (Lipinski definition) is 3. The Balaban J connectivity index is 1.91. The molecule has 0 amide bonds. The Kier molecular flexibility index (Phi) is 4.83. The molecule has 1 unspecified atom stereocenters. The first-order valence-electron chi connectivity index (χ1n) is 7.74. The van der Waals surface area contributed by atoms with Crippen LogP contribution in [0.15, 0.2) is 24.3 Å². The lowest BCUT2D eigenvalue weighted by molar-refractivity contribution is -0.171. The average Bonchev–Trinajstić information content (AvgIpc) is 3.26. The third-order valence-corrected chi connectivity index (χ3v) is 6.73. The van der Waals surface area contributed by atoms with Crippen molar-refractivity contribution in [1.82, 2.24) is 8.61 Å². The zero-order valence-electron chi connectivity index (χ0n) is 13.5. The van der Waals surface area contributed by atoms with Crippen LogP contribution in [0.2, 0.25) is 5.02 Å². The van der Waals surface area contributed by atoms with Crippen LogP contribution in [-0.4, -0.2) is 55.5 Å². The number of halogens is 4. The minimum absolute atomic E-state index is 0.0413. The van der Waals surface area contributed by atoms with Crippen molar-refractivity contribution in [3.63, 3.8) is 0 Å². The smallest absolute Gasteiger partial charge is 0.372 e. The lowest BCUT2D eigenvalue weighted by atomic mass is 10.1. The summed E-state index contributed by atoms with van der Waals surface area (Å²) in [4.78, 5) is 0. The fourth-order valence-electron chi connectivity index (χ4n) is 3.01. The Labute approximate surface area is 149 Å². The molecule has 2 fully saturated rings. The molecule has 25 heavy (non-hydrogen) atoms. The Bertz CT molecular complexity index is 735. The molecule has 140 valence electrons. The first kappa shape index (κ1) is 18.9. The predicted octanol–water partition coefficient (Wildman–Crippen LogP) is 2.98. The highest BCUT2D eigenvalue weighted by atomic mass is 35.5. The van der Waals surface area contributed by atoms with E-state index in [-0.39, 0.29) is 30.3 Å². The van der Waals surface area contributed by atoms with E-state index in [0.29, 0.717) is 4.31 Å². The van der Waals surface area contributed by atoms with Crippen LogP contribution in [0.4, 0.5) is 13.2 Å². The summed E-state index contributed by atoms with van der Waals surface area (Å²) in [6, 6.07) is 2.71. The lowest BCUT2D eigenvalue weighted by Crippen LogP contribution is -2.53. The molecular formula is C15H18ClF3N2O3S. The van der Waals surface area contributed by atoms with Gasteiger partial charge >= 0.3 is 6.18 Å². The highest BCUT2D eigenvalue weighted by molar-refractivity contribution is 7.86. The average molecular weight is 399 g/mol. The van der Waals surface area contributed by atoms with Gasteiger partial charge in [0, 0.05) is 25.2 Å². The number of hydrogen-bond donors (Lipinski definition) is 0. The van der Waals surface area contributed by atoms with Crippen LogP contribution < -0.4 is 0 Å². The fraction of sp³-hybridized carbons (Fsp3) is 0.600. The molecular weight excluding hydrogens is 381 g/mol. The molecule has 1 saturated carbocycles. The van der Waals surface area contributed by atoms with Crippen LogP contribution in [-0.2, 0) is 14.9 Å². The molecule has 0 bridgehead atoms. The minimum atomic E-state index is -4.76. The largest absolute Gasteiger partial charge is 0.409 e. The Morgan fingerprint density at radius 1 is 1.28 bits per heavy atom. The summed E-state index contributed by atoms with van der Waals surface area (Å²) in [7, 11) is -3.34. The first-order valence-corrected chi connectivity index (χ1v) is 9.52. The van der Waals surface area contributed by atoms with Gasteiger partial charge in [-0.1, -0.05) is 23.7 Å². The maximum atomic E-state index is 13.6. The van der Waals surface area contributed by atoms with E-state index >= 15 is 0 Å². The van der Waals surface area contributed by atoms with Crippen molar-refractivity contribution in [3.8, 4) is 0 Å². The maximum Gasteiger partial charge on any atom is 0.409 e. The second-order valence-corrected chi connectivity index (χ2v) is 8.81. The van der Waals surface area contributed by atoms with Gasteiger partial charge in [-0.2, -0.15) is 30.2 Å². The summed E-state index contributed by atoms with van der Waals surface area (Å²) >= 11 is 5.72. The third-order valence-electron chi connectivity index (χ3n) is 4.57. The van der Waals surface area contributed by atoms with Crippen molar-refractivity contribution in [2.75, 3.05) is 26.7 Å². The first-order chi connectivity index (χ1) is 11.6. The zero-order chi connectivity index (χ0) is 18.5. The van der Waals surface area contributed by atoms with E-state index in [1.807, 2.05) is 0 Å². The fourth-order valence-corrected chi connectivity index (χ4v) is 4.72. The van der Waals surface area contributed by atoms with Crippen LogP contribution in [0, 0.1) is 0 Å². The van der Waals surface area contributed by atoms with Gasteiger partial charge in [0.05, 0.1) is 12.2 Å². The van der Waals surface area contributed by atoms with Crippen molar-refractivity contribution in [3.05, 3.63) is 34.9 Å². The Hall–Kier alpha value is -0.870. The quantitative estimate of drug-likeness (QED) is 0.783. The van der Waals surface area contributed by atoms with Crippen molar-refractivity contribution >= 4 is 21.8 Å². The van der Waals surface area contributed by atoms with Gasteiger partial charge in [-0.25, -0.2) is 0 Å². The van der Waals surface area contributed by atoms with E-state index in [1.54, 1.807) is 0 Å². The standard InChI is InChI=1S/C15H18ClF3N2O3S/c1-20(13(15(17,18)19)11-2-4-12(16)5-3-11)25(22,23)21-8-9-24-14(10-21)6-7-14/h2-5,13H,6-10H2,1H3. The van der Waals surface area contributed by atoms with Gasteiger partial charge in [0.2, 0.25) is 0 Å². The van der Waals surface area contributed by atoms with Gasteiger partial charge < -0.3 is 4.74 Å². The topological polar surface area (TPSA) is 49.9 Å². The Morgan fingerprint density at radius 3 is 2.40 bits per heavy atom. The van der Waals surface area contributed by atoms with Gasteiger partial charge in [-0.05, 0) is 30.5 Å². The van der Waals surface area contributed by atoms with Gasteiger partial charge in [-0.15, -0.1) is 0 Å². The summed E-state index contributed by atoms with van der Waals surface area (Å²) in [5, 5.41) is 0.277. The SMILES string of the molecule is CN(C(c1ccc(Cl)cc1)C(F)(F)F)S(=O)(=O)N1CCOC2(CC2)C1. The van der Waals surface area contributed by atoms with Crippen molar-refractivity contribution in [2.45, 2.75) is 30.7 Å². The van der Waals surface area contributed by atoms with E-state index in [1.165, 1.54) is 24.3 Å². The van der Waals surface area contributed by atoms with E-state index in [0.717, 1.165) is 24.2 Å². The van der Waals surface area contributed by atoms with Crippen LogP contribution in [0.1, 0.15) is 24.4 Å². The van der Waals surface area contributed by atoms with Gasteiger partial charge in [0.25, 0.3) is 10.2 Å². The van der Waals surface area contributed by atoms with Crippen LogP contribution in [0.3, 0.4) is 0 Å². The number of ether oxygens (including phenoxy) is 1.